The van der Waals surface area contributed by atoms with Crippen molar-refractivity contribution in [2.75, 3.05) is 16.8 Å². The van der Waals surface area contributed by atoms with E-state index in [1.165, 1.54) is 35.9 Å². The molecule has 2 aromatic rings. The molecule has 0 fully saturated rings. The summed E-state index contributed by atoms with van der Waals surface area (Å²) in [6, 6.07) is 0.117. The molecule has 0 saturated heterocycles. The molecule has 0 aliphatic carbocycles. The summed E-state index contributed by atoms with van der Waals surface area (Å²) >= 11 is 4.56. The first kappa shape index (κ1) is 16.2. The van der Waals surface area contributed by atoms with Crippen LogP contribution in [0.15, 0.2) is 13.2 Å². The lowest BCUT2D eigenvalue weighted by atomic mass is 10.4. The molecule has 7 nitrogen and oxygen atoms in total. The highest BCUT2D eigenvalue weighted by atomic mass is 32.2. The van der Waals surface area contributed by atoms with E-state index in [0.717, 1.165) is 14.4 Å². The predicted octanol–water partition coefficient (Wildman–Crippen LogP) is 2.85. The van der Waals surface area contributed by atoms with Gasteiger partial charge in [0.25, 0.3) is 0 Å². The van der Waals surface area contributed by atoms with Crippen LogP contribution in [0.4, 0.5) is 6.01 Å². The van der Waals surface area contributed by atoms with Crippen molar-refractivity contribution in [3.8, 4) is 0 Å². The fourth-order valence-corrected chi connectivity index (χ4v) is 4.22. The molecule has 0 bridgehead atoms. The van der Waals surface area contributed by atoms with Gasteiger partial charge in [-0.1, -0.05) is 53.4 Å². The minimum absolute atomic E-state index is 0.117. The van der Waals surface area contributed by atoms with E-state index in [9.17, 15) is 4.79 Å². The van der Waals surface area contributed by atoms with Gasteiger partial charge in [-0.25, -0.2) is 0 Å². The Morgan fingerprint density at radius 3 is 2.76 bits per heavy atom. The third-order valence-electron chi connectivity index (χ3n) is 2.21. The summed E-state index contributed by atoms with van der Waals surface area (Å²) in [6.45, 7) is 3.85. The molecule has 2 heterocycles. The lowest BCUT2D eigenvalue weighted by molar-refractivity contribution is -0.114. The molecule has 2 aromatic heterocycles. The van der Waals surface area contributed by atoms with Crippen LogP contribution in [0.2, 0.25) is 0 Å². The van der Waals surface area contributed by atoms with Crippen LogP contribution in [-0.4, -0.2) is 37.8 Å². The van der Waals surface area contributed by atoms with Gasteiger partial charge in [-0.15, -0.1) is 10.2 Å². The Hall–Kier alpha value is -1.13. The van der Waals surface area contributed by atoms with Gasteiger partial charge in [0.05, 0.1) is 5.75 Å². The summed E-state index contributed by atoms with van der Waals surface area (Å²) in [5.41, 5.74) is 0. The summed E-state index contributed by atoms with van der Waals surface area (Å²) in [5.74, 6) is 1.55. The molecule has 1 N–H and O–H groups in total. The van der Waals surface area contributed by atoms with Crippen LogP contribution in [-0.2, 0) is 4.79 Å². The number of thioether (sulfide) groups is 2. The van der Waals surface area contributed by atoms with E-state index in [-0.39, 0.29) is 17.7 Å². The topological polar surface area (TPSA) is 93.8 Å². The van der Waals surface area contributed by atoms with Gasteiger partial charge in [0.1, 0.15) is 0 Å². The Kier molecular flexibility index (Phi) is 6.46. The Bertz CT molecular complexity index is 586. The van der Waals surface area contributed by atoms with Gasteiger partial charge in [-0.2, -0.15) is 4.98 Å². The molecule has 2 rings (SSSR count). The van der Waals surface area contributed by atoms with Crippen molar-refractivity contribution in [1.82, 2.24) is 20.3 Å². The third kappa shape index (κ3) is 5.64. The van der Waals surface area contributed by atoms with Gasteiger partial charge in [0.2, 0.25) is 5.91 Å². The maximum Gasteiger partial charge on any atom is 0.328 e. The number of unbranched alkanes of at least 4 members (excludes halogenated alkanes) is 1. The molecule has 0 unspecified atom stereocenters. The first-order valence-corrected chi connectivity index (χ1v) is 9.15. The second-order valence-electron chi connectivity index (χ2n) is 4.02. The first-order valence-electron chi connectivity index (χ1n) is 6.36. The third-order valence-corrected chi connectivity index (χ3v) is 5.49. The number of anilines is 1. The standard InChI is InChI=1S/C11H15N5O2S3/c1-3-4-5-19-10-14-15-11(21-10)20-6-8(17)13-9-12-7(2)16-18-9/h3-6H2,1-2H3,(H,12,13,16,17). The van der Waals surface area contributed by atoms with Gasteiger partial charge >= 0.3 is 6.01 Å². The lowest BCUT2D eigenvalue weighted by Crippen LogP contribution is -2.14. The van der Waals surface area contributed by atoms with E-state index in [1.54, 1.807) is 18.7 Å². The van der Waals surface area contributed by atoms with Crippen LogP contribution >= 0.6 is 34.9 Å². The van der Waals surface area contributed by atoms with Crippen molar-refractivity contribution in [2.24, 2.45) is 0 Å². The Morgan fingerprint density at radius 2 is 2.10 bits per heavy atom. The fourth-order valence-electron chi connectivity index (χ4n) is 1.25. The zero-order valence-corrected chi connectivity index (χ0v) is 14.1. The molecule has 10 heteroatoms. The molecule has 0 radical (unpaired) electrons. The predicted molar refractivity (Wildman–Crippen MR) is 83.9 cm³/mol. The quantitative estimate of drug-likeness (QED) is 0.576. The number of carbonyl (C=O) groups excluding carboxylic acids is 1. The molecule has 0 aliphatic rings. The number of nitrogens with one attached hydrogen (secondary N) is 1. The van der Waals surface area contributed by atoms with Crippen LogP contribution in [0, 0.1) is 6.92 Å². The second kappa shape index (κ2) is 8.35. The fraction of sp³-hybridized carbons (Fsp3) is 0.545. The number of rotatable bonds is 8. The molecule has 0 atom stereocenters. The van der Waals surface area contributed by atoms with Gasteiger partial charge in [0, 0.05) is 5.75 Å². The summed E-state index contributed by atoms with van der Waals surface area (Å²) in [7, 11) is 0. The van der Waals surface area contributed by atoms with Crippen molar-refractivity contribution in [2.45, 2.75) is 35.4 Å². The molecular formula is C11H15N5O2S3. The highest BCUT2D eigenvalue weighted by molar-refractivity contribution is 8.03. The maximum atomic E-state index is 11.7. The Labute approximate surface area is 134 Å². The molecule has 0 aromatic carbocycles. The SMILES string of the molecule is CCCCSc1nnc(SCC(=O)Nc2nc(C)no2)s1. The second-order valence-corrected chi connectivity index (χ2v) is 7.56. The number of hydrogen-bond acceptors (Lipinski definition) is 9. The van der Waals surface area contributed by atoms with E-state index >= 15 is 0 Å². The smallest absolute Gasteiger partial charge is 0.315 e. The summed E-state index contributed by atoms with van der Waals surface area (Å²) in [5, 5.41) is 14.3. The number of aromatic nitrogens is 4. The van der Waals surface area contributed by atoms with Crippen molar-refractivity contribution < 1.29 is 9.32 Å². The van der Waals surface area contributed by atoms with Crippen LogP contribution in [0.1, 0.15) is 25.6 Å². The van der Waals surface area contributed by atoms with E-state index in [0.29, 0.717) is 5.82 Å². The summed E-state index contributed by atoms with van der Waals surface area (Å²) in [4.78, 5) is 15.6. The average molecular weight is 345 g/mol. The summed E-state index contributed by atoms with van der Waals surface area (Å²) in [6.07, 6.45) is 2.33. The van der Waals surface area contributed by atoms with Gasteiger partial charge in [0.15, 0.2) is 14.5 Å². The van der Waals surface area contributed by atoms with Crippen molar-refractivity contribution >= 4 is 46.8 Å². The molecule has 1 amide bonds. The van der Waals surface area contributed by atoms with Crippen LogP contribution in [0.5, 0.6) is 0 Å². The highest BCUT2D eigenvalue weighted by Crippen LogP contribution is 2.29. The monoisotopic (exact) mass is 345 g/mol. The van der Waals surface area contributed by atoms with Crippen LogP contribution in [0.25, 0.3) is 0 Å². The van der Waals surface area contributed by atoms with Gasteiger partial charge < -0.3 is 4.52 Å². The molecule has 0 saturated carbocycles. The van der Waals surface area contributed by atoms with Crippen LogP contribution in [0.3, 0.4) is 0 Å². The zero-order valence-electron chi connectivity index (χ0n) is 11.7. The normalized spacial score (nSPS) is 10.8. The molecule has 21 heavy (non-hydrogen) atoms. The van der Waals surface area contributed by atoms with Gasteiger partial charge in [-0.3, -0.25) is 10.1 Å². The summed E-state index contributed by atoms with van der Waals surface area (Å²) < 4.78 is 6.54. The van der Waals surface area contributed by atoms with Crippen molar-refractivity contribution in [1.29, 1.82) is 0 Å². The van der Waals surface area contributed by atoms with Crippen molar-refractivity contribution in [3.63, 3.8) is 0 Å². The molecule has 0 aliphatic heterocycles. The number of nitrogens with zero attached hydrogens (tertiary/aromatic N) is 4. The number of hydrogen-bond donors (Lipinski definition) is 1. The van der Waals surface area contributed by atoms with E-state index in [4.69, 9.17) is 4.52 Å². The molecule has 114 valence electrons. The number of amides is 1. The number of aryl methyl sites for hydroxylation is 1. The zero-order chi connectivity index (χ0) is 15.1. The van der Waals surface area contributed by atoms with Crippen LogP contribution < -0.4 is 5.32 Å². The molecule has 0 spiro atoms. The largest absolute Gasteiger partial charge is 0.328 e. The van der Waals surface area contributed by atoms with Crippen molar-refractivity contribution in [3.05, 3.63) is 5.82 Å². The molecular weight excluding hydrogens is 330 g/mol. The average Bonchev–Trinajstić information content (AvgIpc) is 3.06. The Morgan fingerprint density at radius 1 is 1.33 bits per heavy atom. The lowest BCUT2D eigenvalue weighted by Gasteiger charge is -1.97. The van der Waals surface area contributed by atoms with E-state index in [1.807, 2.05) is 0 Å². The maximum absolute atomic E-state index is 11.7. The minimum atomic E-state index is -0.209. The Balaban J connectivity index is 1.73. The van der Waals surface area contributed by atoms with E-state index in [2.05, 4.69) is 32.6 Å². The first-order chi connectivity index (χ1) is 10.2. The number of carbonyl (C=O) groups is 1. The van der Waals surface area contributed by atoms with Gasteiger partial charge in [-0.05, 0) is 13.3 Å². The highest BCUT2D eigenvalue weighted by Gasteiger charge is 2.11. The van der Waals surface area contributed by atoms with E-state index < -0.39 is 0 Å². The minimum Gasteiger partial charge on any atom is -0.315 e.